The first-order valence-electron chi connectivity index (χ1n) is 6.21. The Kier molecular flexibility index (Phi) is 3.85. The Bertz CT molecular complexity index is 227. The lowest BCUT2D eigenvalue weighted by atomic mass is 9.89. The van der Waals surface area contributed by atoms with Crippen LogP contribution in [0, 0.1) is 5.41 Å². The second-order valence-corrected chi connectivity index (χ2v) is 5.60. The molecule has 94 valence electrons. The van der Waals surface area contributed by atoms with Crippen LogP contribution in [0.3, 0.4) is 0 Å². The summed E-state index contributed by atoms with van der Waals surface area (Å²) in [4.78, 5) is 4.79. The highest BCUT2D eigenvalue weighted by molar-refractivity contribution is 4.85. The lowest BCUT2D eigenvalue weighted by molar-refractivity contribution is -0.137. The van der Waals surface area contributed by atoms with E-state index in [-0.39, 0.29) is 11.6 Å². The zero-order valence-electron chi connectivity index (χ0n) is 10.7. The molecular formula is C12H24N2O2. The SMILES string of the molecule is CN1CCO[C@H](N2CCOCC2)C(C)(C)C1. The second-order valence-electron chi connectivity index (χ2n) is 5.60. The molecule has 4 heteroatoms. The lowest BCUT2D eigenvalue weighted by Gasteiger charge is -2.42. The third-order valence-electron chi connectivity index (χ3n) is 3.47. The van der Waals surface area contributed by atoms with Crippen LogP contribution in [0.4, 0.5) is 0 Å². The largest absolute Gasteiger partial charge is 0.379 e. The van der Waals surface area contributed by atoms with Gasteiger partial charge in [0.2, 0.25) is 0 Å². The van der Waals surface area contributed by atoms with Gasteiger partial charge in [-0.05, 0) is 7.05 Å². The highest BCUT2D eigenvalue weighted by atomic mass is 16.5. The van der Waals surface area contributed by atoms with Crippen LogP contribution in [0.2, 0.25) is 0 Å². The van der Waals surface area contributed by atoms with E-state index in [2.05, 4.69) is 30.7 Å². The maximum atomic E-state index is 6.06. The number of hydrogen-bond acceptors (Lipinski definition) is 4. The van der Waals surface area contributed by atoms with E-state index in [1.807, 2.05) is 0 Å². The van der Waals surface area contributed by atoms with Gasteiger partial charge in [0.25, 0.3) is 0 Å². The predicted octanol–water partition coefficient (Wildman–Crippen LogP) is 0.633. The van der Waals surface area contributed by atoms with Crippen molar-refractivity contribution in [2.45, 2.75) is 20.1 Å². The Morgan fingerprint density at radius 1 is 1.06 bits per heavy atom. The molecule has 2 aliphatic heterocycles. The molecule has 1 atom stereocenters. The highest BCUT2D eigenvalue weighted by Crippen LogP contribution is 2.29. The van der Waals surface area contributed by atoms with Gasteiger partial charge in [-0.15, -0.1) is 0 Å². The van der Waals surface area contributed by atoms with E-state index in [9.17, 15) is 0 Å². The molecule has 0 radical (unpaired) electrons. The topological polar surface area (TPSA) is 24.9 Å². The molecule has 0 unspecified atom stereocenters. The lowest BCUT2D eigenvalue weighted by Crippen LogP contribution is -2.52. The molecule has 2 aliphatic rings. The Balaban J connectivity index is 2.04. The minimum atomic E-state index is 0.183. The summed E-state index contributed by atoms with van der Waals surface area (Å²) in [5, 5.41) is 0. The van der Waals surface area contributed by atoms with Gasteiger partial charge in [0.1, 0.15) is 6.23 Å². The molecule has 16 heavy (non-hydrogen) atoms. The average Bonchev–Trinajstić information content (AvgIpc) is 2.37. The van der Waals surface area contributed by atoms with Crippen LogP contribution < -0.4 is 0 Å². The van der Waals surface area contributed by atoms with Gasteiger partial charge in [-0.3, -0.25) is 4.90 Å². The first-order valence-corrected chi connectivity index (χ1v) is 6.21. The number of morpholine rings is 1. The minimum Gasteiger partial charge on any atom is -0.379 e. The molecule has 4 nitrogen and oxygen atoms in total. The molecule has 2 heterocycles. The molecule has 0 spiro atoms. The summed E-state index contributed by atoms with van der Waals surface area (Å²) in [5.41, 5.74) is 0.183. The summed E-state index contributed by atoms with van der Waals surface area (Å²) in [6.45, 7) is 11.2. The van der Waals surface area contributed by atoms with Gasteiger partial charge in [-0.2, -0.15) is 0 Å². The van der Waals surface area contributed by atoms with Crippen LogP contribution in [-0.4, -0.2) is 69.1 Å². The van der Waals surface area contributed by atoms with E-state index in [1.165, 1.54) is 0 Å². The van der Waals surface area contributed by atoms with E-state index in [1.54, 1.807) is 0 Å². The van der Waals surface area contributed by atoms with Gasteiger partial charge in [0.15, 0.2) is 0 Å². The maximum Gasteiger partial charge on any atom is 0.117 e. The molecular weight excluding hydrogens is 204 g/mol. The number of rotatable bonds is 1. The number of ether oxygens (including phenoxy) is 2. The Labute approximate surface area is 98.5 Å². The highest BCUT2D eigenvalue weighted by Gasteiger charge is 2.38. The van der Waals surface area contributed by atoms with Gasteiger partial charge in [-0.1, -0.05) is 13.8 Å². The van der Waals surface area contributed by atoms with Gasteiger partial charge in [0.05, 0.1) is 19.8 Å². The molecule has 2 fully saturated rings. The van der Waals surface area contributed by atoms with Crippen LogP contribution in [0.5, 0.6) is 0 Å². The van der Waals surface area contributed by atoms with Gasteiger partial charge < -0.3 is 14.4 Å². The molecule has 0 aliphatic carbocycles. The quantitative estimate of drug-likeness (QED) is 0.657. The molecule has 0 saturated carbocycles. The molecule has 0 amide bonds. The van der Waals surface area contributed by atoms with Crippen LogP contribution in [0.15, 0.2) is 0 Å². The third kappa shape index (κ3) is 2.74. The maximum absolute atomic E-state index is 6.06. The zero-order chi connectivity index (χ0) is 11.6. The Hall–Kier alpha value is -0.160. The van der Waals surface area contributed by atoms with Crippen molar-refractivity contribution in [1.82, 2.24) is 9.80 Å². The van der Waals surface area contributed by atoms with Crippen molar-refractivity contribution in [3.8, 4) is 0 Å². The van der Waals surface area contributed by atoms with E-state index in [4.69, 9.17) is 9.47 Å². The molecule has 0 aromatic heterocycles. The van der Waals surface area contributed by atoms with Crippen molar-refractivity contribution in [1.29, 1.82) is 0 Å². The fraction of sp³-hybridized carbons (Fsp3) is 1.00. The van der Waals surface area contributed by atoms with E-state index < -0.39 is 0 Å². The molecule has 2 saturated heterocycles. The van der Waals surface area contributed by atoms with Crippen molar-refractivity contribution in [2.75, 3.05) is 53.0 Å². The van der Waals surface area contributed by atoms with Crippen molar-refractivity contribution in [2.24, 2.45) is 5.41 Å². The van der Waals surface area contributed by atoms with Crippen LogP contribution in [0.25, 0.3) is 0 Å². The first-order chi connectivity index (χ1) is 7.59. The molecule has 0 aromatic carbocycles. The van der Waals surface area contributed by atoms with Gasteiger partial charge in [0, 0.05) is 31.6 Å². The van der Waals surface area contributed by atoms with Gasteiger partial charge >= 0.3 is 0 Å². The number of hydrogen-bond donors (Lipinski definition) is 0. The summed E-state index contributed by atoms with van der Waals surface area (Å²) in [7, 11) is 2.17. The molecule has 0 bridgehead atoms. The van der Waals surface area contributed by atoms with E-state index in [0.717, 1.165) is 46.0 Å². The van der Waals surface area contributed by atoms with Crippen LogP contribution in [-0.2, 0) is 9.47 Å². The van der Waals surface area contributed by atoms with Crippen molar-refractivity contribution in [3.05, 3.63) is 0 Å². The summed E-state index contributed by atoms with van der Waals surface area (Å²) in [5.74, 6) is 0. The van der Waals surface area contributed by atoms with Crippen molar-refractivity contribution in [3.63, 3.8) is 0 Å². The predicted molar refractivity (Wildman–Crippen MR) is 63.4 cm³/mol. The normalized spacial score (nSPS) is 33.6. The zero-order valence-corrected chi connectivity index (χ0v) is 10.7. The number of nitrogens with zero attached hydrogens (tertiary/aromatic N) is 2. The molecule has 0 aromatic rings. The fourth-order valence-electron chi connectivity index (χ4n) is 2.81. The first kappa shape index (κ1) is 12.3. The van der Waals surface area contributed by atoms with Crippen LogP contribution >= 0.6 is 0 Å². The minimum absolute atomic E-state index is 0.183. The molecule has 2 rings (SSSR count). The summed E-state index contributed by atoms with van der Waals surface area (Å²) in [6, 6.07) is 0. The summed E-state index contributed by atoms with van der Waals surface area (Å²) < 4.78 is 11.5. The molecule has 0 N–H and O–H groups in total. The fourth-order valence-corrected chi connectivity index (χ4v) is 2.81. The average molecular weight is 228 g/mol. The van der Waals surface area contributed by atoms with Crippen LogP contribution in [0.1, 0.15) is 13.8 Å². The smallest absolute Gasteiger partial charge is 0.117 e. The number of likely N-dealkylation sites (N-methyl/N-ethyl adjacent to an activating group) is 1. The van der Waals surface area contributed by atoms with Gasteiger partial charge in [-0.25, -0.2) is 0 Å². The second kappa shape index (κ2) is 5.00. The van der Waals surface area contributed by atoms with Crippen molar-refractivity contribution >= 4 is 0 Å². The Morgan fingerprint density at radius 3 is 2.44 bits per heavy atom. The van der Waals surface area contributed by atoms with Crippen molar-refractivity contribution < 1.29 is 9.47 Å². The van der Waals surface area contributed by atoms with E-state index >= 15 is 0 Å². The third-order valence-corrected chi connectivity index (χ3v) is 3.47. The van der Waals surface area contributed by atoms with E-state index in [0.29, 0.717) is 0 Å². The summed E-state index contributed by atoms with van der Waals surface area (Å²) in [6.07, 6.45) is 0.237. The monoisotopic (exact) mass is 228 g/mol. The standard InChI is InChI=1S/C12H24N2O2/c1-12(2)10-13(3)4-9-16-11(12)14-5-7-15-8-6-14/h11H,4-10H2,1-3H3/t11-/m0/s1. The summed E-state index contributed by atoms with van der Waals surface area (Å²) >= 11 is 0. The Morgan fingerprint density at radius 2 is 1.75 bits per heavy atom.